The Morgan fingerprint density at radius 2 is 1.84 bits per heavy atom. The molecular formula is C24H26FN3O4. The van der Waals surface area contributed by atoms with Crippen molar-refractivity contribution in [2.75, 3.05) is 27.8 Å². The molecule has 2 aliphatic rings. The van der Waals surface area contributed by atoms with Gasteiger partial charge in [-0.05, 0) is 36.6 Å². The van der Waals surface area contributed by atoms with E-state index >= 15 is 0 Å². The molecule has 0 aromatic heterocycles. The number of benzene rings is 2. The number of hydrazone groups is 1. The summed E-state index contributed by atoms with van der Waals surface area (Å²) < 4.78 is 25.2. The molecule has 4 rings (SSSR count). The first kappa shape index (κ1) is 21.8. The van der Waals surface area contributed by atoms with Crippen molar-refractivity contribution in [1.82, 2.24) is 9.91 Å². The number of likely N-dealkylation sites (N-methyl/N-ethyl adjacent to an activating group) is 1. The van der Waals surface area contributed by atoms with Crippen molar-refractivity contribution in [3.05, 3.63) is 59.4 Å². The molecule has 0 spiro atoms. The fourth-order valence-electron chi connectivity index (χ4n) is 3.91. The van der Waals surface area contributed by atoms with Crippen molar-refractivity contribution < 1.29 is 23.5 Å². The van der Waals surface area contributed by atoms with Crippen LogP contribution < -0.4 is 9.47 Å². The Morgan fingerprint density at radius 3 is 2.50 bits per heavy atom. The number of hydrogen-bond acceptors (Lipinski definition) is 5. The summed E-state index contributed by atoms with van der Waals surface area (Å²) >= 11 is 0. The second-order valence-corrected chi connectivity index (χ2v) is 8.07. The number of carbonyl (C=O) groups excluding carboxylic acids is 2. The van der Waals surface area contributed by atoms with Crippen molar-refractivity contribution >= 4 is 17.5 Å². The molecule has 32 heavy (non-hydrogen) atoms. The molecule has 168 valence electrons. The Hall–Kier alpha value is -3.42. The zero-order valence-electron chi connectivity index (χ0n) is 18.4. The third kappa shape index (κ3) is 4.30. The molecular weight excluding hydrogens is 413 g/mol. The maximum atomic E-state index is 14.5. The van der Waals surface area contributed by atoms with Gasteiger partial charge in [0, 0.05) is 24.9 Å². The van der Waals surface area contributed by atoms with Gasteiger partial charge in [-0.2, -0.15) is 5.10 Å². The predicted molar refractivity (Wildman–Crippen MR) is 117 cm³/mol. The minimum Gasteiger partial charge on any atom is -0.493 e. The van der Waals surface area contributed by atoms with Crippen molar-refractivity contribution in [1.29, 1.82) is 0 Å². The number of nitrogens with zero attached hydrogens (tertiary/aromatic N) is 3. The zero-order valence-corrected chi connectivity index (χ0v) is 18.4. The van der Waals surface area contributed by atoms with E-state index in [1.807, 2.05) is 6.07 Å². The molecule has 8 heteroatoms. The molecule has 0 radical (unpaired) electrons. The van der Waals surface area contributed by atoms with Gasteiger partial charge in [-0.1, -0.05) is 24.3 Å². The van der Waals surface area contributed by atoms with E-state index in [1.54, 1.807) is 51.6 Å². The molecule has 0 unspecified atom stereocenters. The molecule has 2 amide bonds. The van der Waals surface area contributed by atoms with Crippen LogP contribution in [0.4, 0.5) is 4.39 Å². The van der Waals surface area contributed by atoms with Gasteiger partial charge in [-0.3, -0.25) is 9.59 Å². The van der Waals surface area contributed by atoms with Gasteiger partial charge < -0.3 is 14.4 Å². The zero-order chi connectivity index (χ0) is 22.8. The summed E-state index contributed by atoms with van der Waals surface area (Å²) in [6.07, 6.45) is 2.07. The summed E-state index contributed by atoms with van der Waals surface area (Å²) in [7, 11) is 4.72. The summed E-state index contributed by atoms with van der Waals surface area (Å²) in [5.41, 5.74) is 1.62. The van der Waals surface area contributed by atoms with Crippen molar-refractivity contribution in [3.63, 3.8) is 0 Å². The maximum absolute atomic E-state index is 14.5. The average Bonchev–Trinajstić information content (AvgIpc) is 3.56. The monoisotopic (exact) mass is 439 g/mol. The van der Waals surface area contributed by atoms with Crippen LogP contribution in [0.1, 0.15) is 36.4 Å². The van der Waals surface area contributed by atoms with E-state index < -0.39 is 11.9 Å². The highest BCUT2D eigenvalue weighted by molar-refractivity contribution is 6.03. The third-order valence-electron chi connectivity index (χ3n) is 5.82. The van der Waals surface area contributed by atoms with Crippen molar-refractivity contribution in [3.8, 4) is 11.5 Å². The van der Waals surface area contributed by atoms with Crippen LogP contribution >= 0.6 is 0 Å². The summed E-state index contributed by atoms with van der Waals surface area (Å²) in [5, 5.41) is 5.86. The number of rotatable bonds is 7. The molecule has 0 N–H and O–H groups in total. The second kappa shape index (κ2) is 8.98. The van der Waals surface area contributed by atoms with Gasteiger partial charge in [-0.15, -0.1) is 0 Å². The van der Waals surface area contributed by atoms with Gasteiger partial charge >= 0.3 is 0 Å². The first-order valence-electron chi connectivity index (χ1n) is 10.5. The average molecular weight is 439 g/mol. The molecule has 1 heterocycles. The van der Waals surface area contributed by atoms with Crippen LogP contribution in [0.3, 0.4) is 0 Å². The quantitative estimate of drug-likeness (QED) is 0.663. The minimum absolute atomic E-state index is 0.0190. The van der Waals surface area contributed by atoms with Crippen LogP contribution in [0.2, 0.25) is 0 Å². The van der Waals surface area contributed by atoms with Crippen LogP contribution in [-0.2, 0) is 9.59 Å². The standard InChI is InChI=1S/C24H26FN3O4/c1-27(24(30)15-8-9-15)14-23(29)28-20(16-10-11-21(31-2)22(12-16)32-3)13-19(26-28)17-6-4-5-7-18(17)25/h4-7,10-12,15,20H,8-9,13-14H2,1-3H3/t20-/m0/s1. The second-order valence-electron chi connectivity index (χ2n) is 8.07. The smallest absolute Gasteiger partial charge is 0.262 e. The van der Waals surface area contributed by atoms with Crippen molar-refractivity contribution in [2.45, 2.75) is 25.3 Å². The minimum atomic E-state index is -0.457. The van der Waals surface area contributed by atoms with E-state index in [0.717, 1.165) is 18.4 Å². The lowest BCUT2D eigenvalue weighted by Gasteiger charge is -2.25. The lowest BCUT2D eigenvalue weighted by atomic mass is 9.97. The number of ether oxygens (including phenoxy) is 2. The van der Waals surface area contributed by atoms with E-state index in [4.69, 9.17) is 9.47 Å². The van der Waals surface area contributed by atoms with E-state index in [-0.39, 0.29) is 24.3 Å². The molecule has 2 aromatic carbocycles. The Morgan fingerprint density at radius 1 is 1.12 bits per heavy atom. The van der Waals surface area contributed by atoms with Gasteiger partial charge in [0.1, 0.15) is 12.4 Å². The maximum Gasteiger partial charge on any atom is 0.262 e. The first-order chi connectivity index (χ1) is 15.4. The van der Waals surface area contributed by atoms with Crippen LogP contribution in [0, 0.1) is 11.7 Å². The lowest BCUT2D eigenvalue weighted by molar-refractivity contribution is -0.141. The summed E-state index contributed by atoms with van der Waals surface area (Å²) in [6, 6.07) is 11.3. The SMILES string of the molecule is COc1ccc([C@@H]2CC(c3ccccc3F)=NN2C(=O)CN(C)C(=O)C2CC2)cc1OC. The number of hydrogen-bond donors (Lipinski definition) is 0. The number of methoxy groups -OCH3 is 2. The highest BCUT2D eigenvalue weighted by Crippen LogP contribution is 2.38. The van der Waals surface area contributed by atoms with Crippen LogP contribution in [0.15, 0.2) is 47.6 Å². The fourth-order valence-corrected chi connectivity index (χ4v) is 3.91. The molecule has 0 bridgehead atoms. The molecule has 1 saturated carbocycles. The molecule has 1 aliphatic carbocycles. The summed E-state index contributed by atoms with van der Waals surface area (Å²) in [5.74, 6) is 0.360. The fraction of sp³-hybridized carbons (Fsp3) is 0.375. The molecule has 1 aliphatic heterocycles. The lowest BCUT2D eigenvalue weighted by Crippen LogP contribution is -2.39. The van der Waals surface area contributed by atoms with E-state index in [0.29, 0.717) is 29.2 Å². The first-order valence-corrected chi connectivity index (χ1v) is 10.5. The highest BCUT2D eigenvalue weighted by atomic mass is 19.1. The Labute approximate surface area is 186 Å². The van der Waals surface area contributed by atoms with Crippen molar-refractivity contribution in [2.24, 2.45) is 11.0 Å². The predicted octanol–water partition coefficient (Wildman–Crippen LogP) is 3.39. The van der Waals surface area contributed by atoms with Crippen LogP contribution in [0.5, 0.6) is 11.5 Å². The topological polar surface area (TPSA) is 71.4 Å². The molecule has 0 saturated heterocycles. The van der Waals surface area contributed by atoms with E-state index in [2.05, 4.69) is 5.10 Å². The van der Waals surface area contributed by atoms with E-state index in [1.165, 1.54) is 16.0 Å². The van der Waals surface area contributed by atoms with E-state index in [9.17, 15) is 14.0 Å². The van der Waals surface area contributed by atoms with Gasteiger partial charge in [0.15, 0.2) is 11.5 Å². The molecule has 2 aromatic rings. The number of carbonyl (C=O) groups is 2. The largest absolute Gasteiger partial charge is 0.493 e. The Kier molecular flexibility index (Phi) is 6.12. The summed E-state index contributed by atoms with van der Waals surface area (Å²) in [6.45, 7) is -0.0901. The van der Waals surface area contributed by atoms with Crippen LogP contribution in [0.25, 0.3) is 0 Å². The number of amides is 2. The molecule has 7 nitrogen and oxygen atoms in total. The van der Waals surface area contributed by atoms with Gasteiger partial charge in [0.2, 0.25) is 5.91 Å². The number of halogens is 1. The van der Waals surface area contributed by atoms with Crippen LogP contribution in [-0.4, -0.2) is 55.2 Å². The third-order valence-corrected chi connectivity index (χ3v) is 5.82. The Bertz CT molecular complexity index is 1070. The van der Waals surface area contributed by atoms with Gasteiger partial charge in [-0.25, -0.2) is 9.40 Å². The normalized spacial score (nSPS) is 17.7. The Balaban J connectivity index is 1.65. The highest BCUT2D eigenvalue weighted by Gasteiger charge is 2.37. The molecule has 1 atom stereocenters. The van der Waals surface area contributed by atoms with Gasteiger partial charge in [0.05, 0.1) is 26.0 Å². The van der Waals surface area contributed by atoms with Gasteiger partial charge in [0.25, 0.3) is 5.91 Å². The molecule has 1 fully saturated rings. The summed E-state index contributed by atoms with van der Waals surface area (Å²) in [4.78, 5) is 27.0.